The summed E-state index contributed by atoms with van der Waals surface area (Å²) < 4.78 is 13.3. The quantitative estimate of drug-likeness (QED) is 0.756. The van der Waals surface area contributed by atoms with E-state index in [1.54, 1.807) is 0 Å². The Morgan fingerprint density at radius 3 is 2.75 bits per heavy atom. The van der Waals surface area contributed by atoms with Crippen LogP contribution in [0.3, 0.4) is 0 Å². The van der Waals surface area contributed by atoms with E-state index in [-0.39, 0.29) is 23.9 Å². The maximum absolute atomic E-state index is 13.3. The topological polar surface area (TPSA) is 77.2 Å². The Bertz CT molecular complexity index is 774. The van der Waals surface area contributed by atoms with Crippen molar-refractivity contribution in [3.8, 4) is 0 Å². The number of benzene rings is 1. The molecule has 3 N–H and O–H groups in total. The van der Waals surface area contributed by atoms with Gasteiger partial charge in [-0.15, -0.1) is 12.4 Å². The molecule has 0 aliphatic carbocycles. The zero-order chi connectivity index (χ0) is 16.2. The van der Waals surface area contributed by atoms with E-state index in [1.165, 1.54) is 24.3 Å². The fraction of sp³-hybridized carbons (Fsp3) is 0.375. The van der Waals surface area contributed by atoms with Crippen LogP contribution in [0.25, 0.3) is 10.9 Å². The van der Waals surface area contributed by atoms with Gasteiger partial charge in [-0.1, -0.05) is 0 Å². The van der Waals surface area contributed by atoms with Crippen LogP contribution in [0.15, 0.2) is 29.1 Å². The zero-order valence-electron chi connectivity index (χ0n) is 13.1. The molecule has 24 heavy (non-hydrogen) atoms. The molecule has 8 heteroatoms. The predicted octanol–water partition coefficient (Wildman–Crippen LogP) is 0.724. The molecule has 1 saturated heterocycles. The maximum atomic E-state index is 13.3. The highest BCUT2D eigenvalue weighted by Crippen LogP contribution is 2.16. The van der Waals surface area contributed by atoms with Crippen LogP contribution >= 0.6 is 12.4 Å². The van der Waals surface area contributed by atoms with E-state index in [1.807, 2.05) is 0 Å². The van der Waals surface area contributed by atoms with Crippen LogP contribution in [0.1, 0.15) is 10.4 Å². The maximum Gasteiger partial charge on any atom is 0.252 e. The van der Waals surface area contributed by atoms with Crippen LogP contribution in [-0.4, -0.2) is 55.1 Å². The first-order valence-electron chi connectivity index (χ1n) is 7.67. The monoisotopic (exact) mass is 354 g/mol. The Kier molecular flexibility index (Phi) is 6.30. The second-order valence-electron chi connectivity index (χ2n) is 5.58. The normalized spacial score (nSPS) is 15.0. The molecule has 0 unspecified atom stereocenters. The van der Waals surface area contributed by atoms with Crippen molar-refractivity contribution >= 4 is 29.2 Å². The number of nitrogens with zero attached hydrogens (tertiary/aromatic N) is 1. The highest BCUT2D eigenvalue weighted by Gasteiger charge is 2.13. The van der Waals surface area contributed by atoms with Crippen LogP contribution in [0, 0.1) is 5.82 Å². The van der Waals surface area contributed by atoms with Gasteiger partial charge in [-0.05, 0) is 18.2 Å². The molecule has 1 amide bonds. The largest absolute Gasteiger partial charge is 0.351 e. The molecule has 130 valence electrons. The highest BCUT2D eigenvalue weighted by molar-refractivity contribution is 6.05. The summed E-state index contributed by atoms with van der Waals surface area (Å²) in [4.78, 5) is 28.8. The SMILES string of the molecule is Cl.O=C(NCCN1CCNCC1)c1cc(=O)[nH]c2cc(F)ccc12. The Morgan fingerprint density at radius 2 is 2.00 bits per heavy atom. The number of H-pyrrole nitrogens is 1. The Hall–Kier alpha value is -1.96. The molecule has 2 heterocycles. The fourth-order valence-electron chi connectivity index (χ4n) is 2.78. The number of hydrogen-bond acceptors (Lipinski definition) is 4. The summed E-state index contributed by atoms with van der Waals surface area (Å²) in [5.74, 6) is -0.771. The summed E-state index contributed by atoms with van der Waals surface area (Å²) in [5.41, 5.74) is 0.171. The van der Waals surface area contributed by atoms with Gasteiger partial charge in [-0.3, -0.25) is 14.5 Å². The summed E-state index contributed by atoms with van der Waals surface area (Å²) in [6.07, 6.45) is 0. The van der Waals surface area contributed by atoms with Gasteiger partial charge in [-0.2, -0.15) is 0 Å². The van der Waals surface area contributed by atoms with E-state index in [0.717, 1.165) is 32.7 Å². The fourth-order valence-corrected chi connectivity index (χ4v) is 2.78. The number of carbonyl (C=O) groups excluding carboxylic acids is 1. The molecule has 2 aromatic rings. The molecule has 1 aliphatic rings. The van der Waals surface area contributed by atoms with Crippen molar-refractivity contribution in [1.82, 2.24) is 20.5 Å². The summed E-state index contributed by atoms with van der Waals surface area (Å²) in [5, 5.41) is 6.64. The molecule has 1 aliphatic heterocycles. The van der Waals surface area contributed by atoms with Crippen LogP contribution in [0.2, 0.25) is 0 Å². The summed E-state index contributed by atoms with van der Waals surface area (Å²) in [7, 11) is 0. The number of rotatable bonds is 4. The van der Waals surface area contributed by atoms with Gasteiger partial charge in [0.2, 0.25) is 5.56 Å². The number of aromatic nitrogens is 1. The third-order valence-corrected chi connectivity index (χ3v) is 3.97. The second-order valence-corrected chi connectivity index (χ2v) is 5.58. The van der Waals surface area contributed by atoms with Gasteiger partial charge >= 0.3 is 0 Å². The number of halogens is 2. The number of hydrogen-bond donors (Lipinski definition) is 3. The average molecular weight is 355 g/mol. The van der Waals surface area contributed by atoms with Crippen molar-refractivity contribution in [3.05, 3.63) is 46.0 Å². The molecule has 1 aromatic heterocycles. The van der Waals surface area contributed by atoms with Crippen LogP contribution in [0.5, 0.6) is 0 Å². The van der Waals surface area contributed by atoms with Gasteiger partial charge < -0.3 is 15.6 Å². The second kappa shape index (κ2) is 8.23. The minimum atomic E-state index is -0.454. The van der Waals surface area contributed by atoms with E-state index in [2.05, 4.69) is 20.5 Å². The molecule has 0 bridgehead atoms. The highest BCUT2D eigenvalue weighted by atomic mass is 35.5. The molecular weight excluding hydrogens is 335 g/mol. The smallest absolute Gasteiger partial charge is 0.252 e. The minimum Gasteiger partial charge on any atom is -0.351 e. The molecule has 1 aromatic carbocycles. The number of aromatic amines is 1. The van der Waals surface area contributed by atoms with Crippen molar-refractivity contribution in [2.75, 3.05) is 39.3 Å². The van der Waals surface area contributed by atoms with Crippen molar-refractivity contribution < 1.29 is 9.18 Å². The third kappa shape index (κ3) is 4.31. The molecule has 6 nitrogen and oxygen atoms in total. The number of amides is 1. The van der Waals surface area contributed by atoms with Crippen molar-refractivity contribution in [2.45, 2.75) is 0 Å². The summed E-state index contributed by atoms with van der Waals surface area (Å²) >= 11 is 0. The lowest BCUT2D eigenvalue weighted by Crippen LogP contribution is -2.46. The van der Waals surface area contributed by atoms with E-state index in [9.17, 15) is 14.0 Å². The molecule has 0 spiro atoms. The number of fused-ring (bicyclic) bond motifs is 1. The van der Waals surface area contributed by atoms with Crippen LogP contribution < -0.4 is 16.2 Å². The number of piperazine rings is 1. The van der Waals surface area contributed by atoms with Crippen LogP contribution in [0.4, 0.5) is 4.39 Å². The summed E-state index contributed by atoms with van der Waals surface area (Å²) in [6.45, 7) is 5.11. The Morgan fingerprint density at radius 1 is 1.25 bits per heavy atom. The van der Waals surface area contributed by atoms with E-state index >= 15 is 0 Å². The lowest BCUT2D eigenvalue weighted by molar-refractivity contribution is 0.0948. The minimum absolute atomic E-state index is 0. The number of carbonyl (C=O) groups is 1. The van der Waals surface area contributed by atoms with Gasteiger partial charge in [0.1, 0.15) is 5.82 Å². The van der Waals surface area contributed by atoms with Crippen molar-refractivity contribution in [3.63, 3.8) is 0 Å². The van der Waals surface area contributed by atoms with Crippen LogP contribution in [-0.2, 0) is 0 Å². The average Bonchev–Trinajstić information content (AvgIpc) is 2.54. The zero-order valence-corrected chi connectivity index (χ0v) is 13.9. The van der Waals surface area contributed by atoms with Gasteiger partial charge in [0.25, 0.3) is 5.91 Å². The van der Waals surface area contributed by atoms with E-state index < -0.39 is 11.4 Å². The lowest BCUT2D eigenvalue weighted by atomic mass is 10.1. The first-order valence-corrected chi connectivity index (χ1v) is 7.67. The van der Waals surface area contributed by atoms with Gasteiger partial charge in [0.15, 0.2) is 0 Å². The van der Waals surface area contributed by atoms with Crippen molar-refractivity contribution in [2.24, 2.45) is 0 Å². The first-order chi connectivity index (χ1) is 11.1. The first kappa shape index (κ1) is 18.4. The Labute approximate surface area is 144 Å². The molecule has 0 saturated carbocycles. The number of pyridine rings is 1. The Balaban J connectivity index is 0.00000208. The van der Waals surface area contributed by atoms with E-state index in [0.29, 0.717) is 17.4 Å². The van der Waals surface area contributed by atoms with Gasteiger partial charge in [0, 0.05) is 50.7 Å². The summed E-state index contributed by atoms with van der Waals surface area (Å²) in [6, 6.07) is 5.25. The molecule has 0 atom stereocenters. The molecule has 1 fully saturated rings. The third-order valence-electron chi connectivity index (χ3n) is 3.97. The standard InChI is InChI=1S/C16H19FN4O2.ClH/c17-11-1-2-12-13(10-15(22)20-14(12)9-11)16(23)19-5-8-21-6-3-18-4-7-21;/h1-2,9-10,18H,3-8H2,(H,19,23)(H,20,22);1H. The molecular formula is C16H20ClFN4O2. The van der Waals surface area contributed by atoms with Crippen molar-refractivity contribution in [1.29, 1.82) is 0 Å². The van der Waals surface area contributed by atoms with Gasteiger partial charge in [-0.25, -0.2) is 4.39 Å². The van der Waals surface area contributed by atoms with E-state index in [4.69, 9.17) is 0 Å². The van der Waals surface area contributed by atoms with Gasteiger partial charge in [0.05, 0.1) is 11.1 Å². The predicted molar refractivity (Wildman–Crippen MR) is 93.4 cm³/mol. The lowest BCUT2D eigenvalue weighted by Gasteiger charge is -2.27. The molecule has 3 rings (SSSR count). The number of nitrogens with one attached hydrogen (secondary N) is 3. The molecule has 0 radical (unpaired) electrons.